The zero-order valence-corrected chi connectivity index (χ0v) is 20.0. The number of rotatable bonds is 9. The van der Waals surface area contributed by atoms with Gasteiger partial charge in [-0.2, -0.15) is 0 Å². The van der Waals surface area contributed by atoms with Gasteiger partial charge in [0.25, 0.3) is 0 Å². The quantitative estimate of drug-likeness (QED) is 0.293. The van der Waals surface area contributed by atoms with Crippen molar-refractivity contribution in [2.24, 2.45) is 5.92 Å². The first-order valence-corrected chi connectivity index (χ1v) is 11.7. The SMILES string of the molecule is CC(C)[C@H](CO)NCc1nc(-c2ccc(COc3ccc(Cl)c4ccccc34)cc2)ccc1F. The van der Waals surface area contributed by atoms with Gasteiger partial charge in [0.15, 0.2) is 0 Å². The number of fused-ring (bicyclic) bond motifs is 1. The van der Waals surface area contributed by atoms with E-state index in [2.05, 4.69) is 10.3 Å². The number of ether oxygens (including phenoxy) is 1. The molecule has 0 spiro atoms. The van der Waals surface area contributed by atoms with Crippen molar-refractivity contribution in [2.75, 3.05) is 6.61 Å². The molecule has 4 rings (SSSR count). The Labute approximate surface area is 204 Å². The van der Waals surface area contributed by atoms with Crippen LogP contribution in [0.15, 0.2) is 72.8 Å². The van der Waals surface area contributed by atoms with Gasteiger partial charge in [-0.15, -0.1) is 0 Å². The summed E-state index contributed by atoms with van der Waals surface area (Å²) in [5, 5.41) is 15.3. The molecule has 1 aromatic heterocycles. The van der Waals surface area contributed by atoms with Crippen molar-refractivity contribution in [3.8, 4) is 17.0 Å². The standard InChI is InChI=1S/C28H28ClFN2O2/c1-18(2)27(16-33)31-15-26-24(30)12-13-25(32-26)20-9-7-19(8-10-20)17-34-28-14-11-23(29)21-5-3-4-6-22(21)28/h3-14,18,27,31,33H,15-17H2,1-2H3/t27-/m0/s1. The normalized spacial score (nSPS) is 12.3. The van der Waals surface area contributed by atoms with E-state index in [-0.39, 0.29) is 30.9 Å². The highest BCUT2D eigenvalue weighted by atomic mass is 35.5. The summed E-state index contributed by atoms with van der Waals surface area (Å²) in [6, 6.07) is 22.5. The second-order valence-corrected chi connectivity index (χ2v) is 9.02. The molecule has 0 aliphatic carbocycles. The first-order valence-electron chi connectivity index (χ1n) is 11.3. The van der Waals surface area contributed by atoms with Crippen molar-refractivity contribution < 1.29 is 14.2 Å². The van der Waals surface area contributed by atoms with E-state index in [9.17, 15) is 9.50 Å². The third-order valence-corrected chi connectivity index (χ3v) is 6.26. The van der Waals surface area contributed by atoms with Crippen molar-refractivity contribution in [1.82, 2.24) is 10.3 Å². The van der Waals surface area contributed by atoms with Crippen LogP contribution in [-0.2, 0) is 13.2 Å². The third-order valence-electron chi connectivity index (χ3n) is 5.93. The van der Waals surface area contributed by atoms with Gasteiger partial charge in [-0.3, -0.25) is 0 Å². The number of hydrogen-bond donors (Lipinski definition) is 2. The van der Waals surface area contributed by atoms with Crippen LogP contribution in [0.4, 0.5) is 4.39 Å². The van der Waals surface area contributed by atoms with Gasteiger partial charge in [0.05, 0.1) is 18.0 Å². The highest BCUT2D eigenvalue weighted by Gasteiger charge is 2.14. The zero-order valence-electron chi connectivity index (χ0n) is 19.3. The molecule has 6 heteroatoms. The summed E-state index contributed by atoms with van der Waals surface area (Å²) in [7, 11) is 0. The van der Waals surface area contributed by atoms with Gasteiger partial charge in [0, 0.05) is 33.9 Å². The highest BCUT2D eigenvalue weighted by Crippen LogP contribution is 2.31. The van der Waals surface area contributed by atoms with Crippen LogP contribution < -0.4 is 10.1 Å². The molecule has 0 fully saturated rings. The zero-order chi connectivity index (χ0) is 24.1. The van der Waals surface area contributed by atoms with E-state index >= 15 is 0 Å². The Kier molecular flexibility index (Phi) is 7.78. The van der Waals surface area contributed by atoms with E-state index in [4.69, 9.17) is 16.3 Å². The van der Waals surface area contributed by atoms with Gasteiger partial charge >= 0.3 is 0 Å². The summed E-state index contributed by atoms with van der Waals surface area (Å²) in [6.07, 6.45) is 0. The predicted molar refractivity (Wildman–Crippen MR) is 135 cm³/mol. The fourth-order valence-electron chi connectivity index (χ4n) is 3.80. The molecule has 34 heavy (non-hydrogen) atoms. The van der Waals surface area contributed by atoms with E-state index in [1.54, 1.807) is 6.07 Å². The summed E-state index contributed by atoms with van der Waals surface area (Å²) in [5.41, 5.74) is 2.93. The Morgan fingerprint density at radius 3 is 2.41 bits per heavy atom. The second-order valence-electron chi connectivity index (χ2n) is 8.62. The molecule has 2 N–H and O–H groups in total. The van der Waals surface area contributed by atoms with Crippen molar-refractivity contribution in [2.45, 2.75) is 33.0 Å². The van der Waals surface area contributed by atoms with E-state index in [1.807, 2.05) is 74.5 Å². The first-order chi connectivity index (χ1) is 16.5. The molecular weight excluding hydrogens is 451 g/mol. The van der Waals surface area contributed by atoms with Crippen molar-refractivity contribution in [3.05, 3.63) is 94.9 Å². The summed E-state index contributed by atoms with van der Waals surface area (Å²) in [4.78, 5) is 4.51. The molecule has 0 aliphatic rings. The van der Waals surface area contributed by atoms with Crippen LogP contribution in [0.25, 0.3) is 22.0 Å². The molecule has 0 saturated carbocycles. The lowest BCUT2D eigenvalue weighted by Crippen LogP contribution is -2.36. The molecule has 4 aromatic rings. The largest absolute Gasteiger partial charge is 0.488 e. The Hall–Kier alpha value is -2.99. The summed E-state index contributed by atoms with van der Waals surface area (Å²) in [6.45, 7) is 4.68. The predicted octanol–water partition coefficient (Wildman–Crippen LogP) is 6.38. The third kappa shape index (κ3) is 5.55. The van der Waals surface area contributed by atoms with Gasteiger partial charge in [0.2, 0.25) is 0 Å². The number of aliphatic hydroxyl groups is 1. The maximum atomic E-state index is 14.3. The second kappa shape index (κ2) is 11.0. The minimum absolute atomic E-state index is 0.00563. The summed E-state index contributed by atoms with van der Waals surface area (Å²) >= 11 is 6.30. The van der Waals surface area contributed by atoms with Crippen molar-refractivity contribution in [3.63, 3.8) is 0 Å². The highest BCUT2D eigenvalue weighted by molar-refractivity contribution is 6.35. The van der Waals surface area contributed by atoms with E-state index < -0.39 is 0 Å². The molecule has 0 saturated heterocycles. The van der Waals surface area contributed by atoms with Crippen LogP contribution in [0.2, 0.25) is 5.02 Å². The topological polar surface area (TPSA) is 54.4 Å². The van der Waals surface area contributed by atoms with Crippen LogP contribution in [0.3, 0.4) is 0 Å². The molecule has 0 radical (unpaired) electrons. The van der Waals surface area contributed by atoms with E-state index in [1.165, 1.54) is 6.07 Å². The molecule has 1 heterocycles. The van der Waals surface area contributed by atoms with Crippen molar-refractivity contribution in [1.29, 1.82) is 0 Å². The van der Waals surface area contributed by atoms with Gasteiger partial charge in [-0.05, 0) is 35.7 Å². The lowest BCUT2D eigenvalue weighted by atomic mass is 10.1. The number of hydrogen-bond acceptors (Lipinski definition) is 4. The van der Waals surface area contributed by atoms with Gasteiger partial charge in [-0.1, -0.05) is 74.0 Å². The fraction of sp³-hybridized carbons (Fsp3) is 0.250. The lowest BCUT2D eigenvalue weighted by Gasteiger charge is -2.20. The monoisotopic (exact) mass is 478 g/mol. The van der Waals surface area contributed by atoms with Gasteiger partial charge in [0.1, 0.15) is 18.2 Å². The number of halogens is 2. The molecule has 0 bridgehead atoms. The van der Waals surface area contributed by atoms with Crippen LogP contribution >= 0.6 is 11.6 Å². The number of benzene rings is 3. The van der Waals surface area contributed by atoms with E-state index in [0.29, 0.717) is 23.0 Å². The average molecular weight is 479 g/mol. The minimum atomic E-state index is -0.364. The molecule has 1 atom stereocenters. The van der Waals surface area contributed by atoms with Gasteiger partial charge in [-0.25, -0.2) is 9.37 Å². The number of aliphatic hydroxyl groups excluding tert-OH is 1. The average Bonchev–Trinajstić information content (AvgIpc) is 2.85. The van der Waals surface area contributed by atoms with Crippen LogP contribution in [0.5, 0.6) is 5.75 Å². The number of aromatic nitrogens is 1. The Balaban J connectivity index is 1.45. The van der Waals surface area contributed by atoms with E-state index in [0.717, 1.165) is 27.6 Å². The molecule has 0 unspecified atom stereocenters. The smallest absolute Gasteiger partial charge is 0.146 e. The maximum absolute atomic E-state index is 14.3. The maximum Gasteiger partial charge on any atom is 0.146 e. The van der Waals surface area contributed by atoms with Crippen molar-refractivity contribution >= 4 is 22.4 Å². The molecule has 0 amide bonds. The number of pyridine rings is 1. The molecule has 3 aromatic carbocycles. The summed E-state index contributed by atoms with van der Waals surface area (Å²) < 4.78 is 20.4. The lowest BCUT2D eigenvalue weighted by molar-refractivity contribution is 0.209. The Bertz CT molecular complexity index is 1260. The van der Waals surface area contributed by atoms with Crippen LogP contribution in [0, 0.1) is 11.7 Å². The summed E-state index contributed by atoms with van der Waals surface area (Å²) in [5.74, 6) is 0.651. The molecule has 176 valence electrons. The molecule has 4 nitrogen and oxygen atoms in total. The minimum Gasteiger partial charge on any atom is -0.488 e. The Morgan fingerprint density at radius 1 is 0.971 bits per heavy atom. The Morgan fingerprint density at radius 2 is 1.71 bits per heavy atom. The first kappa shape index (κ1) is 24.1. The van der Waals surface area contributed by atoms with Gasteiger partial charge < -0.3 is 15.2 Å². The van der Waals surface area contributed by atoms with Crippen LogP contribution in [-0.4, -0.2) is 22.7 Å². The molecular formula is C28H28ClFN2O2. The number of nitrogens with one attached hydrogen (secondary N) is 1. The van der Waals surface area contributed by atoms with Crippen LogP contribution in [0.1, 0.15) is 25.1 Å². The fourth-order valence-corrected chi connectivity index (χ4v) is 4.03. The number of nitrogens with zero attached hydrogens (tertiary/aromatic N) is 1. The molecule has 0 aliphatic heterocycles.